The minimum Gasteiger partial charge on any atom is -0.327 e. The van der Waals surface area contributed by atoms with Gasteiger partial charge in [0.25, 0.3) is 0 Å². The molecule has 3 aromatic rings. The Morgan fingerprint density at radius 1 is 1.06 bits per heavy atom. The Bertz CT molecular complexity index is 632. The van der Waals surface area contributed by atoms with Gasteiger partial charge in [0.15, 0.2) is 0 Å². The normalized spacial score (nSPS) is 10.9. The highest BCUT2D eigenvalue weighted by Crippen LogP contribution is 2.35. The van der Waals surface area contributed by atoms with E-state index in [0.29, 0.717) is 0 Å². The maximum atomic E-state index is 6.44. The number of aromatic nitrogens is 2. The Balaban J connectivity index is 2.38. The standard InChI is InChI=1S/C14H11ClN2/c1-17-13(10-6-3-2-4-7-10)12(15)11-8-5-9-16-14(11)17/h2-9H,1H3. The molecule has 0 aliphatic heterocycles. The number of benzene rings is 1. The van der Waals surface area contributed by atoms with Crippen LogP contribution in [0.4, 0.5) is 0 Å². The first-order valence-electron chi connectivity index (χ1n) is 5.43. The van der Waals surface area contributed by atoms with Crippen LogP contribution in [0.5, 0.6) is 0 Å². The van der Waals surface area contributed by atoms with Crippen molar-refractivity contribution < 1.29 is 0 Å². The molecule has 84 valence electrons. The zero-order chi connectivity index (χ0) is 11.8. The topological polar surface area (TPSA) is 17.8 Å². The van der Waals surface area contributed by atoms with Crippen LogP contribution in [-0.2, 0) is 7.05 Å². The largest absolute Gasteiger partial charge is 0.327 e. The summed E-state index contributed by atoms with van der Waals surface area (Å²) in [6.45, 7) is 0. The summed E-state index contributed by atoms with van der Waals surface area (Å²) < 4.78 is 2.03. The number of fused-ring (bicyclic) bond motifs is 1. The maximum Gasteiger partial charge on any atom is 0.141 e. The van der Waals surface area contributed by atoms with Crippen molar-refractivity contribution in [1.82, 2.24) is 9.55 Å². The van der Waals surface area contributed by atoms with Gasteiger partial charge >= 0.3 is 0 Å². The summed E-state index contributed by atoms with van der Waals surface area (Å²) in [5, 5.41) is 1.76. The van der Waals surface area contributed by atoms with Crippen molar-refractivity contribution in [3.8, 4) is 11.3 Å². The first-order chi connectivity index (χ1) is 8.29. The summed E-state index contributed by atoms with van der Waals surface area (Å²) in [6.07, 6.45) is 1.79. The molecule has 0 atom stereocenters. The quantitative estimate of drug-likeness (QED) is 0.633. The lowest BCUT2D eigenvalue weighted by Gasteiger charge is -2.04. The van der Waals surface area contributed by atoms with Crippen molar-refractivity contribution >= 4 is 22.6 Å². The van der Waals surface area contributed by atoms with Gasteiger partial charge in [0.05, 0.1) is 10.7 Å². The first-order valence-corrected chi connectivity index (χ1v) is 5.81. The Morgan fingerprint density at radius 3 is 2.53 bits per heavy atom. The maximum absolute atomic E-state index is 6.44. The highest BCUT2D eigenvalue weighted by molar-refractivity contribution is 6.38. The van der Waals surface area contributed by atoms with E-state index in [1.807, 2.05) is 41.9 Å². The van der Waals surface area contributed by atoms with Gasteiger partial charge in [-0.05, 0) is 17.7 Å². The Morgan fingerprint density at radius 2 is 1.82 bits per heavy atom. The number of hydrogen-bond acceptors (Lipinski definition) is 1. The summed E-state index contributed by atoms with van der Waals surface area (Å²) >= 11 is 6.44. The third-order valence-corrected chi connectivity index (χ3v) is 3.31. The molecular weight excluding hydrogens is 232 g/mol. The predicted octanol–water partition coefficient (Wildman–Crippen LogP) is 3.89. The van der Waals surface area contributed by atoms with E-state index in [0.717, 1.165) is 27.3 Å². The summed E-state index contributed by atoms with van der Waals surface area (Å²) in [4.78, 5) is 4.37. The Hall–Kier alpha value is -1.80. The minimum atomic E-state index is 0.766. The van der Waals surface area contributed by atoms with E-state index < -0.39 is 0 Å². The van der Waals surface area contributed by atoms with E-state index in [9.17, 15) is 0 Å². The van der Waals surface area contributed by atoms with Crippen LogP contribution in [0.3, 0.4) is 0 Å². The van der Waals surface area contributed by atoms with Crippen molar-refractivity contribution in [2.75, 3.05) is 0 Å². The van der Waals surface area contributed by atoms with Crippen LogP contribution in [0.25, 0.3) is 22.3 Å². The summed E-state index contributed by atoms with van der Waals surface area (Å²) in [6, 6.07) is 14.0. The van der Waals surface area contributed by atoms with Crippen LogP contribution < -0.4 is 0 Å². The van der Waals surface area contributed by atoms with E-state index in [-0.39, 0.29) is 0 Å². The fraction of sp³-hybridized carbons (Fsp3) is 0.0714. The molecular formula is C14H11ClN2. The molecule has 2 nitrogen and oxygen atoms in total. The predicted molar refractivity (Wildman–Crippen MR) is 71.2 cm³/mol. The number of nitrogens with zero attached hydrogens (tertiary/aromatic N) is 2. The second kappa shape index (κ2) is 3.90. The third-order valence-electron chi connectivity index (χ3n) is 2.93. The van der Waals surface area contributed by atoms with Crippen LogP contribution >= 0.6 is 11.6 Å². The molecule has 0 aliphatic rings. The van der Waals surface area contributed by atoms with Crippen molar-refractivity contribution in [2.24, 2.45) is 7.05 Å². The molecule has 3 rings (SSSR count). The van der Waals surface area contributed by atoms with Gasteiger partial charge in [-0.1, -0.05) is 41.9 Å². The molecule has 0 unspecified atom stereocenters. The van der Waals surface area contributed by atoms with Crippen LogP contribution in [0.15, 0.2) is 48.7 Å². The van der Waals surface area contributed by atoms with Gasteiger partial charge in [0, 0.05) is 18.6 Å². The lowest BCUT2D eigenvalue weighted by molar-refractivity contribution is 0.957. The molecule has 2 aromatic heterocycles. The van der Waals surface area contributed by atoms with Gasteiger partial charge in [-0.2, -0.15) is 0 Å². The molecule has 0 aliphatic carbocycles. The van der Waals surface area contributed by atoms with Gasteiger partial charge in [0.1, 0.15) is 5.65 Å². The van der Waals surface area contributed by atoms with Crippen LogP contribution in [0, 0.1) is 0 Å². The van der Waals surface area contributed by atoms with Crippen LogP contribution in [0.2, 0.25) is 5.02 Å². The third kappa shape index (κ3) is 1.53. The van der Waals surface area contributed by atoms with Gasteiger partial charge in [0.2, 0.25) is 0 Å². The van der Waals surface area contributed by atoms with E-state index in [1.54, 1.807) is 6.20 Å². The van der Waals surface area contributed by atoms with Crippen molar-refractivity contribution in [1.29, 1.82) is 0 Å². The molecule has 0 saturated heterocycles. The molecule has 0 amide bonds. The molecule has 0 N–H and O–H groups in total. The van der Waals surface area contributed by atoms with Crippen LogP contribution in [0.1, 0.15) is 0 Å². The molecule has 3 heteroatoms. The monoisotopic (exact) mass is 242 g/mol. The highest BCUT2D eigenvalue weighted by Gasteiger charge is 2.14. The lowest BCUT2D eigenvalue weighted by Crippen LogP contribution is -1.92. The zero-order valence-electron chi connectivity index (χ0n) is 9.39. The van der Waals surface area contributed by atoms with Crippen LogP contribution in [-0.4, -0.2) is 9.55 Å². The van der Waals surface area contributed by atoms with E-state index >= 15 is 0 Å². The second-order valence-electron chi connectivity index (χ2n) is 3.96. The van der Waals surface area contributed by atoms with Crippen molar-refractivity contribution in [3.63, 3.8) is 0 Å². The van der Waals surface area contributed by atoms with E-state index in [4.69, 9.17) is 11.6 Å². The number of rotatable bonds is 1. The zero-order valence-corrected chi connectivity index (χ0v) is 10.1. The Kier molecular flexibility index (Phi) is 2.37. The first kappa shape index (κ1) is 10.4. The molecule has 0 spiro atoms. The molecule has 1 aromatic carbocycles. The highest BCUT2D eigenvalue weighted by atomic mass is 35.5. The second-order valence-corrected chi connectivity index (χ2v) is 4.34. The summed E-state index contributed by atoms with van der Waals surface area (Å²) in [5.74, 6) is 0. The number of aryl methyl sites for hydroxylation is 1. The van der Waals surface area contributed by atoms with Crippen molar-refractivity contribution in [3.05, 3.63) is 53.7 Å². The molecule has 0 bridgehead atoms. The number of pyridine rings is 1. The number of hydrogen-bond donors (Lipinski definition) is 0. The van der Waals surface area contributed by atoms with Crippen molar-refractivity contribution in [2.45, 2.75) is 0 Å². The van der Waals surface area contributed by atoms with Gasteiger partial charge < -0.3 is 4.57 Å². The van der Waals surface area contributed by atoms with E-state index in [2.05, 4.69) is 17.1 Å². The summed E-state index contributed by atoms with van der Waals surface area (Å²) in [5.41, 5.74) is 3.04. The molecule has 0 saturated carbocycles. The van der Waals surface area contributed by atoms with Gasteiger partial charge in [-0.25, -0.2) is 4.98 Å². The fourth-order valence-electron chi connectivity index (χ4n) is 2.13. The Labute approximate surface area is 104 Å². The van der Waals surface area contributed by atoms with Gasteiger partial charge in [-0.3, -0.25) is 0 Å². The molecule has 17 heavy (non-hydrogen) atoms. The van der Waals surface area contributed by atoms with Gasteiger partial charge in [-0.15, -0.1) is 0 Å². The summed E-state index contributed by atoms with van der Waals surface area (Å²) in [7, 11) is 1.99. The average Bonchev–Trinajstić information content (AvgIpc) is 2.64. The fourth-order valence-corrected chi connectivity index (χ4v) is 2.52. The lowest BCUT2D eigenvalue weighted by atomic mass is 10.1. The molecule has 2 heterocycles. The number of halogens is 1. The average molecular weight is 243 g/mol. The molecule has 0 fully saturated rings. The SMILES string of the molecule is Cn1c(-c2ccccc2)c(Cl)c2cccnc21. The van der Waals surface area contributed by atoms with E-state index in [1.165, 1.54) is 0 Å². The minimum absolute atomic E-state index is 0.766. The smallest absolute Gasteiger partial charge is 0.141 e. The molecule has 0 radical (unpaired) electrons.